The van der Waals surface area contributed by atoms with Crippen molar-refractivity contribution in [2.75, 3.05) is 11.5 Å². The Morgan fingerprint density at radius 2 is 1.96 bits per heavy atom. The molecule has 28 heavy (non-hydrogen) atoms. The number of unbranched alkanes of at least 4 members (excludes halogenated alkanes) is 1. The van der Waals surface area contributed by atoms with Crippen molar-refractivity contribution in [2.24, 2.45) is 5.41 Å². The highest BCUT2D eigenvalue weighted by molar-refractivity contribution is 7.91. The summed E-state index contributed by atoms with van der Waals surface area (Å²) in [6.45, 7) is 3.96. The van der Waals surface area contributed by atoms with Crippen molar-refractivity contribution in [3.8, 4) is 0 Å². The van der Waals surface area contributed by atoms with Gasteiger partial charge in [-0.2, -0.15) is 0 Å². The molecule has 1 aliphatic heterocycles. The van der Waals surface area contributed by atoms with E-state index in [1.807, 2.05) is 19.9 Å². The third-order valence-corrected chi connectivity index (χ3v) is 8.06. The minimum Gasteiger partial charge on any atom is -0.399 e. The second-order valence-electron chi connectivity index (χ2n) is 7.85. The number of anilines is 1. The van der Waals surface area contributed by atoms with E-state index in [2.05, 4.69) is 0 Å². The van der Waals surface area contributed by atoms with E-state index >= 15 is 0 Å². The predicted molar refractivity (Wildman–Crippen MR) is 109 cm³/mol. The highest BCUT2D eigenvalue weighted by Crippen LogP contribution is 2.48. The number of fused-ring (bicyclic) bond motifs is 1. The van der Waals surface area contributed by atoms with Crippen molar-refractivity contribution >= 4 is 15.5 Å². The molecule has 0 fully saturated rings. The lowest BCUT2D eigenvalue weighted by molar-refractivity contribution is 0.0174. The number of benzene rings is 2. The van der Waals surface area contributed by atoms with Gasteiger partial charge in [0, 0.05) is 17.0 Å². The van der Waals surface area contributed by atoms with Crippen molar-refractivity contribution in [1.82, 2.24) is 0 Å². The van der Waals surface area contributed by atoms with Crippen molar-refractivity contribution in [3.63, 3.8) is 0 Å². The number of halogens is 1. The van der Waals surface area contributed by atoms with Crippen LogP contribution in [-0.2, 0) is 9.84 Å². The molecule has 152 valence electrons. The molecular formula is C22H28FNO3S. The molecule has 0 radical (unpaired) electrons. The molecule has 1 heterocycles. The quantitative estimate of drug-likeness (QED) is 0.575. The Labute approximate surface area is 166 Å². The van der Waals surface area contributed by atoms with E-state index in [1.165, 1.54) is 18.2 Å². The zero-order chi connectivity index (χ0) is 20.5. The molecule has 3 atom stereocenters. The van der Waals surface area contributed by atoms with Crippen LogP contribution in [-0.4, -0.2) is 25.4 Å². The summed E-state index contributed by atoms with van der Waals surface area (Å²) in [5, 5.41) is 11.6. The van der Waals surface area contributed by atoms with E-state index in [-0.39, 0.29) is 10.6 Å². The summed E-state index contributed by atoms with van der Waals surface area (Å²) in [5.74, 6) is -1.33. The molecule has 0 saturated carbocycles. The maximum absolute atomic E-state index is 14.2. The fraction of sp³-hybridized carbons (Fsp3) is 0.455. The van der Waals surface area contributed by atoms with Crippen LogP contribution in [0.4, 0.5) is 10.1 Å². The Balaban J connectivity index is 2.30. The number of nitrogen functional groups attached to an aromatic ring is 1. The molecule has 0 unspecified atom stereocenters. The number of rotatable bonds is 5. The molecule has 4 nitrogen and oxygen atoms in total. The van der Waals surface area contributed by atoms with Gasteiger partial charge in [0.15, 0.2) is 9.84 Å². The predicted octanol–water partition coefficient (Wildman–Crippen LogP) is 4.27. The average Bonchev–Trinajstić information content (AvgIpc) is 2.71. The molecule has 0 spiro atoms. The zero-order valence-electron chi connectivity index (χ0n) is 16.4. The summed E-state index contributed by atoms with van der Waals surface area (Å²) in [5.41, 5.74) is 6.68. The first-order valence-corrected chi connectivity index (χ1v) is 11.4. The number of hydrogen-bond donors (Lipinski definition) is 2. The first kappa shape index (κ1) is 20.8. The Morgan fingerprint density at radius 1 is 1.21 bits per heavy atom. The van der Waals surface area contributed by atoms with E-state index in [0.29, 0.717) is 29.7 Å². The maximum Gasteiger partial charge on any atom is 0.179 e. The van der Waals surface area contributed by atoms with Gasteiger partial charge in [-0.1, -0.05) is 38.8 Å². The smallest absolute Gasteiger partial charge is 0.179 e. The van der Waals surface area contributed by atoms with Crippen LogP contribution in [0.15, 0.2) is 47.4 Å². The summed E-state index contributed by atoms with van der Waals surface area (Å²) in [6.07, 6.45) is 1.86. The molecule has 2 aromatic carbocycles. The van der Waals surface area contributed by atoms with Gasteiger partial charge in [-0.3, -0.25) is 0 Å². The lowest BCUT2D eigenvalue weighted by Crippen LogP contribution is -2.42. The van der Waals surface area contributed by atoms with Crippen LogP contribution in [0, 0.1) is 11.2 Å². The molecule has 6 heteroatoms. The molecular weight excluding hydrogens is 377 g/mol. The fourth-order valence-electron chi connectivity index (χ4n) is 4.46. The third-order valence-electron chi connectivity index (χ3n) is 6.06. The number of sulfone groups is 1. The number of nitrogens with two attached hydrogens (primary N) is 1. The zero-order valence-corrected chi connectivity index (χ0v) is 17.2. The second kappa shape index (κ2) is 7.84. The van der Waals surface area contributed by atoms with Gasteiger partial charge in [-0.05, 0) is 54.3 Å². The molecule has 3 rings (SSSR count). The standard InChI is InChI=1S/C22H28FNO3S/c1-3-5-11-22(4-2)14-28(26,27)19-10-9-16(23)13-18(19)20(21(22)25)15-7-6-8-17(24)12-15/h6-10,12-13,20-21,25H,3-5,11,14,24H2,1-2H3/t20-,21-,22+/m1/s1. The summed E-state index contributed by atoms with van der Waals surface area (Å²) in [4.78, 5) is 0.104. The SMILES string of the molecule is CCCC[C@@]1(CC)CS(=O)(=O)c2ccc(F)cc2[C@@H](c2cccc(N)c2)[C@H]1O. The number of aliphatic hydroxyl groups is 1. The Kier molecular flexibility index (Phi) is 5.82. The Hall–Kier alpha value is -1.92. The fourth-order valence-corrected chi connectivity index (χ4v) is 6.71. The van der Waals surface area contributed by atoms with Crippen LogP contribution >= 0.6 is 0 Å². The minimum atomic E-state index is -3.69. The molecule has 3 N–H and O–H groups in total. The van der Waals surface area contributed by atoms with Crippen molar-refractivity contribution < 1.29 is 17.9 Å². The lowest BCUT2D eigenvalue weighted by Gasteiger charge is -2.39. The van der Waals surface area contributed by atoms with Gasteiger partial charge in [-0.25, -0.2) is 12.8 Å². The number of hydrogen-bond acceptors (Lipinski definition) is 4. The molecule has 1 aliphatic rings. The van der Waals surface area contributed by atoms with Gasteiger partial charge in [0.05, 0.1) is 16.8 Å². The topological polar surface area (TPSA) is 80.4 Å². The van der Waals surface area contributed by atoms with Crippen LogP contribution in [0.5, 0.6) is 0 Å². The summed E-state index contributed by atoms with van der Waals surface area (Å²) < 4.78 is 40.7. The molecule has 0 aromatic heterocycles. The Bertz CT molecular complexity index is 960. The largest absolute Gasteiger partial charge is 0.399 e. The summed E-state index contributed by atoms with van der Waals surface area (Å²) in [7, 11) is -3.69. The van der Waals surface area contributed by atoms with E-state index in [4.69, 9.17) is 5.73 Å². The van der Waals surface area contributed by atoms with Crippen LogP contribution in [0.25, 0.3) is 0 Å². The normalized spacial score (nSPS) is 26.4. The number of aliphatic hydroxyl groups excluding tert-OH is 1. The van der Waals surface area contributed by atoms with Gasteiger partial charge >= 0.3 is 0 Å². The van der Waals surface area contributed by atoms with E-state index in [1.54, 1.807) is 18.2 Å². The van der Waals surface area contributed by atoms with Gasteiger partial charge < -0.3 is 10.8 Å². The highest BCUT2D eigenvalue weighted by atomic mass is 32.2. The third kappa shape index (κ3) is 3.67. The second-order valence-corrected chi connectivity index (χ2v) is 9.81. The lowest BCUT2D eigenvalue weighted by atomic mass is 9.69. The van der Waals surface area contributed by atoms with Crippen LogP contribution < -0.4 is 5.73 Å². The van der Waals surface area contributed by atoms with Gasteiger partial charge in [-0.15, -0.1) is 0 Å². The maximum atomic E-state index is 14.2. The summed E-state index contributed by atoms with van der Waals surface area (Å²) >= 11 is 0. The van der Waals surface area contributed by atoms with E-state index < -0.39 is 33.1 Å². The van der Waals surface area contributed by atoms with Crippen molar-refractivity contribution in [3.05, 3.63) is 59.4 Å². The molecule has 0 aliphatic carbocycles. The first-order valence-electron chi connectivity index (χ1n) is 9.80. The monoisotopic (exact) mass is 405 g/mol. The van der Waals surface area contributed by atoms with Crippen LogP contribution in [0.1, 0.15) is 56.6 Å². The van der Waals surface area contributed by atoms with Gasteiger partial charge in [0.1, 0.15) is 5.82 Å². The molecule has 0 bridgehead atoms. The van der Waals surface area contributed by atoms with Gasteiger partial charge in [0.25, 0.3) is 0 Å². The van der Waals surface area contributed by atoms with Crippen molar-refractivity contribution in [2.45, 2.75) is 56.4 Å². The van der Waals surface area contributed by atoms with Crippen LogP contribution in [0.2, 0.25) is 0 Å². The van der Waals surface area contributed by atoms with Crippen LogP contribution in [0.3, 0.4) is 0 Å². The van der Waals surface area contributed by atoms with E-state index in [0.717, 1.165) is 12.8 Å². The average molecular weight is 406 g/mol. The van der Waals surface area contributed by atoms with Gasteiger partial charge in [0.2, 0.25) is 0 Å². The molecule has 0 saturated heterocycles. The first-order chi connectivity index (χ1) is 13.2. The summed E-state index contributed by atoms with van der Waals surface area (Å²) in [6, 6.07) is 10.8. The minimum absolute atomic E-state index is 0.104. The Morgan fingerprint density at radius 3 is 2.61 bits per heavy atom. The van der Waals surface area contributed by atoms with E-state index in [9.17, 15) is 17.9 Å². The van der Waals surface area contributed by atoms with Crippen molar-refractivity contribution in [1.29, 1.82) is 0 Å². The highest BCUT2D eigenvalue weighted by Gasteiger charge is 2.48. The molecule has 2 aromatic rings. The molecule has 0 amide bonds.